The Morgan fingerprint density at radius 1 is 0.959 bits per heavy atom. The van der Waals surface area contributed by atoms with Gasteiger partial charge in [-0.05, 0) is 86.8 Å². The molecular weight excluding hydrogens is 635 g/mol. The summed E-state index contributed by atoms with van der Waals surface area (Å²) in [5.41, 5.74) is 3.66. The predicted octanol–water partition coefficient (Wildman–Crippen LogP) is 8.04. The first kappa shape index (κ1) is 35.5. The van der Waals surface area contributed by atoms with Crippen LogP contribution in [-0.2, 0) is 5.41 Å². The van der Waals surface area contributed by atoms with E-state index in [1.54, 1.807) is 28.9 Å². The van der Waals surface area contributed by atoms with E-state index < -0.39 is 24.7 Å². The van der Waals surface area contributed by atoms with Crippen molar-refractivity contribution in [3.05, 3.63) is 95.2 Å². The number of alkyl halides is 3. The molecule has 1 aliphatic rings. The van der Waals surface area contributed by atoms with Gasteiger partial charge in [-0.25, -0.2) is 9.48 Å². The monoisotopic (exact) mass is 677 g/mol. The van der Waals surface area contributed by atoms with Gasteiger partial charge in [-0.1, -0.05) is 50.6 Å². The van der Waals surface area contributed by atoms with Gasteiger partial charge in [0.2, 0.25) is 0 Å². The zero-order valence-electron chi connectivity index (χ0n) is 28.3. The lowest BCUT2D eigenvalue weighted by Gasteiger charge is -2.31. The van der Waals surface area contributed by atoms with Gasteiger partial charge in [-0.3, -0.25) is 10.1 Å². The summed E-state index contributed by atoms with van der Waals surface area (Å²) in [6.07, 6.45) is -3.17. The number of halogens is 3. The number of urea groups is 1. The third kappa shape index (κ3) is 9.00. The summed E-state index contributed by atoms with van der Waals surface area (Å²) < 4.78 is 51.3. The van der Waals surface area contributed by atoms with Crippen molar-refractivity contribution in [3.63, 3.8) is 0 Å². The van der Waals surface area contributed by atoms with E-state index in [4.69, 9.17) is 14.6 Å². The van der Waals surface area contributed by atoms with Gasteiger partial charge in [0.1, 0.15) is 17.3 Å². The Hall–Kier alpha value is -4.84. The average Bonchev–Trinajstić information content (AvgIpc) is 3.49. The van der Waals surface area contributed by atoms with Gasteiger partial charge in [0, 0.05) is 17.2 Å². The number of hydrogen-bond acceptors (Lipinski definition) is 6. The molecule has 5 rings (SSSR count). The Bertz CT molecular complexity index is 1760. The number of amides is 2. The van der Waals surface area contributed by atoms with E-state index in [2.05, 4.69) is 16.0 Å². The predicted molar refractivity (Wildman–Crippen MR) is 183 cm³/mol. The van der Waals surface area contributed by atoms with Crippen molar-refractivity contribution in [2.45, 2.75) is 58.0 Å². The number of aromatic nitrogens is 2. The van der Waals surface area contributed by atoms with E-state index in [1.165, 1.54) is 25.3 Å². The number of Topliss-reactive ketones (excluding diaryl/α,β-unsaturated/α-hetero) is 1. The molecule has 9 nitrogen and oxygen atoms in total. The molecule has 1 unspecified atom stereocenters. The molecular formula is C37H42F3N5O4. The highest BCUT2D eigenvalue weighted by Crippen LogP contribution is 2.38. The van der Waals surface area contributed by atoms with Crippen LogP contribution < -0.4 is 25.4 Å². The molecule has 0 spiro atoms. The van der Waals surface area contributed by atoms with Crippen LogP contribution in [0.2, 0.25) is 0 Å². The summed E-state index contributed by atoms with van der Waals surface area (Å²) in [6.45, 7) is 8.04. The van der Waals surface area contributed by atoms with Crippen molar-refractivity contribution in [1.82, 2.24) is 15.1 Å². The number of anilines is 2. The number of aryl methyl sites for hydroxylation is 1. The second-order valence-corrected chi connectivity index (χ2v) is 13.3. The first-order valence-electron chi connectivity index (χ1n) is 16.2. The number of ketones is 1. The molecule has 3 N–H and O–H groups in total. The molecule has 1 aromatic heterocycles. The number of carbonyl (C=O) groups excluding carboxylic acids is 2. The van der Waals surface area contributed by atoms with Crippen LogP contribution in [0.5, 0.6) is 11.5 Å². The number of carbonyl (C=O) groups is 2. The summed E-state index contributed by atoms with van der Waals surface area (Å²) in [7, 11) is 1.42. The zero-order chi connectivity index (χ0) is 35.3. The normalized spacial score (nSPS) is 14.6. The van der Waals surface area contributed by atoms with Gasteiger partial charge in [0.15, 0.2) is 12.4 Å². The van der Waals surface area contributed by atoms with E-state index in [0.29, 0.717) is 48.7 Å². The van der Waals surface area contributed by atoms with E-state index in [-0.39, 0.29) is 28.4 Å². The topological polar surface area (TPSA) is 107 Å². The summed E-state index contributed by atoms with van der Waals surface area (Å²) in [6, 6.07) is 20.4. The fourth-order valence-electron chi connectivity index (χ4n) is 5.87. The van der Waals surface area contributed by atoms with Crippen LogP contribution in [0.3, 0.4) is 0 Å². The lowest BCUT2D eigenvalue weighted by Crippen LogP contribution is -2.34. The molecule has 1 aliphatic heterocycles. The molecule has 1 fully saturated rings. The summed E-state index contributed by atoms with van der Waals surface area (Å²) in [5, 5.41) is 13.8. The molecule has 2 amide bonds. The minimum absolute atomic E-state index is 0.0218. The maximum atomic E-state index is 14.2. The van der Waals surface area contributed by atoms with Crippen LogP contribution in [-0.4, -0.2) is 54.6 Å². The summed E-state index contributed by atoms with van der Waals surface area (Å²) in [5.74, 6) is -0.421. The molecule has 0 saturated carbocycles. The summed E-state index contributed by atoms with van der Waals surface area (Å²) >= 11 is 0. The number of benzene rings is 3. The molecule has 0 bridgehead atoms. The molecule has 260 valence electrons. The van der Waals surface area contributed by atoms with Crippen LogP contribution in [0.25, 0.3) is 5.69 Å². The fourth-order valence-corrected chi connectivity index (χ4v) is 5.87. The molecule has 1 saturated heterocycles. The lowest BCUT2D eigenvalue weighted by molar-refractivity contribution is -0.153. The maximum absolute atomic E-state index is 14.2. The number of hydrogen-bond donors (Lipinski definition) is 3. The van der Waals surface area contributed by atoms with Gasteiger partial charge in [-0.2, -0.15) is 18.3 Å². The van der Waals surface area contributed by atoms with Crippen molar-refractivity contribution in [2.75, 3.05) is 37.4 Å². The van der Waals surface area contributed by atoms with Gasteiger partial charge < -0.3 is 20.1 Å². The highest BCUT2D eigenvalue weighted by atomic mass is 19.4. The Balaban J connectivity index is 1.39. The largest absolute Gasteiger partial charge is 0.497 e. The van der Waals surface area contributed by atoms with Crippen molar-refractivity contribution in [3.8, 4) is 17.2 Å². The number of nitrogens with zero attached hydrogens (tertiary/aromatic N) is 2. The zero-order valence-corrected chi connectivity index (χ0v) is 28.3. The fraction of sp³-hybridized carbons (Fsp3) is 0.378. The molecule has 4 aromatic rings. The number of methoxy groups -OCH3 is 1. The third-order valence-electron chi connectivity index (χ3n) is 8.51. The van der Waals surface area contributed by atoms with Crippen LogP contribution in [0.1, 0.15) is 66.7 Å². The second kappa shape index (κ2) is 14.7. The minimum Gasteiger partial charge on any atom is -0.497 e. The lowest BCUT2D eigenvalue weighted by atomic mass is 9.76. The number of rotatable bonds is 10. The first-order valence-corrected chi connectivity index (χ1v) is 16.2. The average molecular weight is 678 g/mol. The van der Waals surface area contributed by atoms with Crippen LogP contribution in [0.15, 0.2) is 72.8 Å². The Morgan fingerprint density at radius 3 is 2.24 bits per heavy atom. The number of piperidine rings is 1. The van der Waals surface area contributed by atoms with Gasteiger partial charge in [-0.15, -0.1) is 0 Å². The molecule has 12 heteroatoms. The smallest absolute Gasteiger partial charge is 0.422 e. The molecule has 49 heavy (non-hydrogen) atoms. The SMILES string of the molecule is COc1ccc(OCC(F)(F)F)c(C(=O)C(c2ccc(NC(=O)Nc3cc(C(C)(C)C)nn3-c3ccc(C)cc3)cc2)C2CCNCC2)c1. The van der Waals surface area contributed by atoms with E-state index in [9.17, 15) is 22.8 Å². The Kier molecular flexibility index (Phi) is 10.7. The summed E-state index contributed by atoms with van der Waals surface area (Å²) in [4.78, 5) is 27.5. The van der Waals surface area contributed by atoms with Gasteiger partial charge in [0.25, 0.3) is 0 Å². The molecule has 3 aromatic carbocycles. The number of nitrogens with one attached hydrogen (secondary N) is 3. The van der Waals surface area contributed by atoms with Crippen LogP contribution >= 0.6 is 0 Å². The van der Waals surface area contributed by atoms with Gasteiger partial charge >= 0.3 is 12.2 Å². The molecule has 2 heterocycles. The van der Waals surface area contributed by atoms with E-state index >= 15 is 0 Å². The minimum atomic E-state index is -4.57. The highest BCUT2D eigenvalue weighted by Gasteiger charge is 2.35. The maximum Gasteiger partial charge on any atom is 0.422 e. The Labute approximate surface area is 284 Å². The third-order valence-corrected chi connectivity index (χ3v) is 8.51. The van der Waals surface area contributed by atoms with E-state index in [1.807, 2.05) is 58.0 Å². The first-order chi connectivity index (χ1) is 23.2. The van der Waals surface area contributed by atoms with Crippen molar-refractivity contribution < 1.29 is 32.2 Å². The van der Waals surface area contributed by atoms with Crippen molar-refractivity contribution in [2.24, 2.45) is 5.92 Å². The number of ether oxygens (including phenoxy) is 2. The molecule has 0 radical (unpaired) electrons. The van der Waals surface area contributed by atoms with Gasteiger partial charge in [0.05, 0.1) is 30.0 Å². The molecule has 0 aliphatic carbocycles. The molecule has 1 atom stereocenters. The van der Waals surface area contributed by atoms with Crippen LogP contribution in [0.4, 0.5) is 29.5 Å². The quantitative estimate of drug-likeness (QED) is 0.147. The van der Waals surface area contributed by atoms with Crippen molar-refractivity contribution in [1.29, 1.82) is 0 Å². The van der Waals surface area contributed by atoms with Crippen LogP contribution in [0, 0.1) is 12.8 Å². The van der Waals surface area contributed by atoms with E-state index in [0.717, 1.165) is 16.9 Å². The standard InChI is InChI=1S/C37H42F3N5O4/c1-23-6-12-27(13-7-23)45-32(21-31(44-45)36(2,3)4)43-35(47)42-26-10-8-24(9-11-26)33(25-16-18-41-19-17-25)34(46)29-20-28(48-5)14-15-30(29)49-22-37(38,39)40/h6-15,20-21,25,33,41H,16-19,22H2,1-5H3,(H2,42,43,47). The Morgan fingerprint density at radius 2 is 1.63 bits per heavy atom. The second-order valence-electron chi connectivity index (χ2n) is 13.3. The highest BCUT2D eigenvalue weighted by molar-refractivity contribution is 6.04. The van der Waals surface area contributed by atoms with Crippen molar-refractivity contribution >= 4 is 23.3 Å².